The number of hydrogen-bond acceptors (Lipinski definition) is 2. The maximum atomic E-state index is 11.7. The van der Waals surface area contributed by atoms with E-state index in [0.717, 1.165) is 0 Å². The summed E-state index contributed by atoms with van der Waals surface area (Å²) in [4.78, 5) is 11.7. The summed E-state index contributed by atoms with van der Waals surface area (Å²) in [5.74, 6) is 2.63. The van der Waals surface area contributed by atoms with Crippen LogP contribution in [0.4, 0.5) is 0 Å². The first kappa shape index (κ1) is 7.04. The standard InChI is InChI=1S/C13H10O2/c14-13-11-8-6-4-2-1-3-5(6)7-9(11)10(7)12(8)15-13/h1-4,7-12H/t7-,8+,9+,10+,11+,12+/m1/s1. The van der Waals surface area contributed by atoms with Crippen LogP contribution in [0.1, 0.15) is 23.0 Å². The summed E-state index contributed by atoms with van der Waals surface area (Å²) in [6, 6.07) is 8.62. The molecule has 0 aromatic heterocycles. The molecule has 1 saturated heterocycles. The number of ether oxygens (including phenoxy) is 1. The number of esters is 1. The smallest absolute Gasteiger partial charge is 0.310 e. The minimum Gasteiger partial charge on any atom is -0.461 e. The fourth-order valence-corrected chi connectivity index (χ4v) is 4.50. The Balaban J connectivity index is 1.84. The fraction of sp³-hybridized carbons (Fsp3) is 0.462. The first-order valence-corrected chi connectivity index (χ1v) is 5.67. The Morgan fingerprint density at radius 2 is 1.67 bits per heavy atom. The van der Waals surface area contributed by atoms with Crippen molar-refractivity contribution >= 4 is 5.97 Å². The van der Waals surface area contributed by atoms with Gasteiger partial charge in [-0.3, -0.25) is 4.79 Å². The Bertz CT molecular complexity index is 507. The molecule has 1 heterocycles. The van der Waals surface area contributed by atoms with Crippen molar-refractivity contribution in [3.05, 3.63) is 35.4 Å². The second-order valence-corrected chi connectivity index (χ2v) is 5.26. The van der Waals surface area contributed by atoms with Crippen LogP contribution in [-0.2, 0) is 9.53 Å². The van der Waals surface area contributed by atoms with Crippen LogP contribution in [0.15, 0.2) is 24.3 Å². The zero-order chi connectivity index (χ0) is 9.73. The molecule has 1 aliphatic heterocycles. The van der Waals surface area contributed by atoms with Gasteiger partial charge in [0.1, 0.15) is 6.10 Å². The molecule has 6 atom stereocenters. The highest BCUT2D eigenvalue weighted by molar-refractivity contribution is 5.82. The summed E-state index contributed by atoms with van der Waals surface area (Å²) >= 11 is 0. The van der Waals surface area contributed by atoms with Crippen molar-refractivity contribution in [3.63, 3.8) is 0 Å². The third-order valence-electron chi connectivity index (χ3n) is 4.91. The van der Waals surface area contributed by atoms with Gasteiger partial charge in [0.2, 0.25) is 0 Å². The topological polar surface area (TPSA) is 26.3 Å². The van der Waals surface area contributed by atoms with Crippen LogP contribution in [0, 0.1) is 17.8 Å². The molecule has 0 amide bonds. The minimum absolute atomic E-state index is 0.0725. The molecular formula is C13H10O2. The van der Waals surface area contributed by atoms with Crippen molar-refractivity contribution in [1.29, 1.82) is 0 Å². The fourth-order valence-electron chi connectivity index (χ4n) is 4.50. The molecule has 2 saturated carbocycles. The van der Waals surface area contributed by atoms with Crippen LogP contribution in [0.3, 0.4) is 0 Å². The molecule has 0 unspecified atom stereocenters. The van der Waals surface area contributed by atoms with E-state index in [1.54, 1.807) is 0 Å². The van der Waals surface area contributed by atoms with Crippen molar-refractivity contribution in [2.24, 2.45) is 17.8 Å². The molecule has 74 valence electrons. The van der Waals surface area contributed by atoms with Crippen LogP contribution >= 0.6 is 0 Å². The van der Waals surface area contributed by atoms with Gasteiger partial charge in [-0.1, -0.05) is 24.3 Å². The maximum absolute atomic E-state index is 11.7. The van der Waals surface area contributed by atoms with Gasteiger partial charge in [0.15, 0.2) is 0 Å². The van der Waals surface area contributed by atoms with Crippen LogP contribution in [0.25, 0.3) is 0 Å². The van der Waals surface area contributed by atoms with Crippen LogP contribution < -0.4 is 0 Å². The molecule has 6 bridgehead atoms. The lowest BCUT2D eigenvalue weighted by Gasteiger charge is -2.27. The van der Waals surface area contributed by atoms with Gasteiger partial charge < -0.3 is 4.74 Å². The lowest BCUT2D eigenvalue weighted by molar-refractivity contribution is -0.148. The van der Waals surface area contributed by atoms with E-state index < -0.39 is 0 Å². The summed E-state index contributed by atoms with van der Waals surface area (Å²) in [5.41, 5.74) is 2.90. The average molecular weight is 198 g/mol. The molecule has 15 heavy (non-hydrogen) atoms. The molecule has 5 aliphatic rings. The van der Waals surface area contributed by atoms with E-state index in [0.29, 0.717) is 23.7 Å². The third kappa shape index (κ3) is 0.543. The molecule has 0 radical (unpaired) electrons. The van der Waals surface area contributed by atoms with Crippen LogP contribution in [-0.4, -0.2) is 12.1 Å². The number of carbonyl (C=O) groups excluding carboxylic acids is 1. The summed E-state index contributed by atoms with van der Waals surface area (Å²) in [6.45, 7) is 0. The van der Waals surface area contributed by atoms with Crippen molar-refractivity contribution < 1.29 is 9.53 Å². The summed E-state index contributed by atoms with van der Waals surface area (Å²) in [5, 5.41) is 0. The predicted molar refractivity (Wildman–Crippen MR) is 52.3 cm³/mol. The van der Waals surface area contributed by atoms with Gasteiger partial charge in [-0.15, -0.1) is 0 Å². The number of benzene rings is 1. The second kappa shape index (κ2) is 1.84. The second-order valence-electron chi connectivity index (χ2n) is 5.26. The van der Waals surface area contributed by atoms with E-state index in [-0.39, 0.29) is 18.0 Å². The lowest BCUT2D eigenvalue weighted by Crippen LogP contribution is -2.24. The van der Waals surface area contributed by atoms with E-state index in [1.165, 1.54) is 11.1 Å². The van der Waals surface area contributed by atoms with Crippen molar-refractivity contribution in [2.75, 3.05) is 0 Å². The number of hydrogen-bond donors (Lipinski definition) is 0. The highest BCUT2D eigenvalue weighted by Gasteiger charge is 2.78. The first-order chi connectivity index (χ1) is 7.38. The van der Waals surface area contributed by atoms with E-state index in [2.05, 4.69) is 24.3 Å². The molecule has 0 spiro atoms. The molecule has 3 fully saturated rings. The van der Waals surface area contributed by atoms with Crippen LogP contribution in [0.5, 0.6) is 0 Å². The van der Waals surface area contributed by atoms with Gasteiger partial charge in [0.25, 0.3) is 0 Å². The van der Waals surface area contributed by atoms with Gasteiger partial charge in [0, 0.05) is 11.8 Å². The summed E-state index contributed by atoms with van der Waals surface area (Å²) < 4.78 is 5.47. The molecule has 6 rings (SSSR count). The molecule has 4 aliphatic carbocycles. The monoisotopic (exact) mass is 198 g/mol. The Kier molecular flexibility index (Phi) is 0.865. The Labute approximate surface area is 87.2 Å². The Hall–Kier alpha value is -1.31. The zero-order valence-corrected chi connectivity index (χ0v) is 8.09. The normalized spacial score (nSPS) is 51.3. The Morgan fingerprint density at radius 1 is 0.933 bits per heavy atom. The third-order valence-corrected chi connectivity index (χ3v) is 4.91. The molecule has 2 nitrogen and oxygen atoms in total. The van der Waals surface area contributed by atoms with E-state index in [1.807, 2.05) is 0 Å². The lowest BCUT2D eigenvalue weighted by atomic mass is 9.74. The largest absolute Gasteiger partial charge is 0.461 e. The molecular weight excluding hydrogens is 188 g/mol. The van der Waals surface area contributed by atoms with Gasteiger partial charge >= 0.3 is 5.97 Å². The number of rotatable bonds is 0. The van der Waals surface area contributed by atoms with Gasteiger partial charge in [0.05, 0.1) is 5.92 Å². The molecule has 1 aromatic rings. The zero-order valence-electron chi connectivity index (χ0n) is 8.09. The van der Waals surface area contributed by atoms with Gasteiger partial charge in [-0.2, -0.15) is 0 Å². The van der Waals surface area contributed by atoms with Gasteiger partial charge in [-0.05, 0) is 23.0 Å². The Morgan fingerprint density at radius 3 is 2.40 bits per heavy atom. The predicted octanol–water partition coefficient (Wildman–Crippen LogP) is 1.67. The SMILES string of the molecule is O=C1O[C@H]2[C@H]3c4ccccc4[C@H]4[C@H]2[C@H]4[C@@H]13. The quantitative estimate of drug-likeness (QED) is 0.593. The molecule has 1 aromatic carbocycles. The highest BCUT2D eigenvalue weighted by Crippen LogP contribution is 2.77. The van der Waals surface area contributed by atoms with E-state index >= 15 is 0 Å². The summed E-state index contributed by atoms with van der Waals surface area (Å²) in [7, 11) is 0. The number of carbonyl (C=O) groups is 1. The molecule has 2 heteroatoms. The van der Waals surface area contributed by atoms with Gasteiger partial charge in [-0.25, -0.2) is 0 Å². The first-order valence-electron chi connectivity index (χ1n) is 5.67. The average Bonchev–Trinajstić information content (AvgIpc) is 2.84. The van der Waals surface area contributed by atoms with Crippen molar-refractivity contribution in [3.8, 4) is 0 Å². The van der Waals surface area contributed by atoms with E-state index in [9.17, 15) is 4.79 Å². The van der Waals surface area contributed by atoms with Crippen LogP contribution in [0.2, 0.25) is 0 Å². The summed E-state index contributed by atoms with van der Waals surface area (Å²) in [6.07, 6.45) is 0.229. The van der Waals surface area contributed by atoms with Crippen molar-refractivity contribution in [2.45, 2.75) is 17.9 Å². The minimum atomic E-state index is 0.0725. The van der Waals surface area contributed by atoms with Crippen molar-refractivity contribution in [1.82, 2.24) is 0 Å². The molecule has 0 N–H and O–H groups in total. The highest BCUT2D eigenvalue weighted by atomic mass is 16.6. The van der Waals surface area contributed by atoms with E-state index in [4.69, 9.17) is 4.74 Å². The maximum Gasteiger partial charge on any atom is 0.310 e.